The Morgan fingerprint density at radius 1 is 1.40 bits per heavy atom. The van der Waals surface area contributed by atoms with Crippen LogP contribution in [0.3, 0.4) is 0 Å². The van der Waals surface area contributed by atoms with E-state index in [-0.39, 0.29) is 29.6 Å². The highest BCUT2D eigenvalue weighted by molar-refractivity contribution is 6.30. The van der Waals surface area contributed by atoms with Gasteiger partial charge in [-0.05, 0) is 24.7 Å². The lowest BCUT2D eigenvalue weighted by Crippen LogP contribution is -2.41. The zero-order valence-electron chi connectivity index (χ0n) is 12.5. The normalized spacial score (nSPS) is 12.4. The van der Waals surface area contributed by atoms with Crippen molar-refractivity contribution in [3.8, 4) is 0 Å². The van der Waals surface area contributed by atoms with E-state index in [9.17, 15) is 4.79 Å². The molecule has 1 aromatic carbocycles. The van der Waals surface area contributed by atoms with Crippen molar-refractivity contribution in [2.24, 2.45) is 5.92 Å². The summed E-state index contributed by atoms with van der Waals surface area (Å²) in [5, 5.41) is 6.73. The first-order valence-corrected chi connectivity index (χ1v) is 6.93. The van der Waals surface area contributed by atoms with Crippen molar-refractivity contribution < 1.29 is 4.79 Å². The summed E-state index contributed by atoms with van der Waals surface area (Å²) in [4.78, 5) is 11.9. The van der Waals surface area contributed by atoms with Crippen LogP contribution in [-0.2, 0) is 10.2 Å². The monoisotopic (exact) mass is 318 g/mol. The summed E-state index contributed by atoms with van der Waals surface area (Å²) in [5.41, 5.74) is 0.987. The van der Waals surface area contributed by atoms with Crippen LogP contribution in [0.5, 0.6) is 0 Å². The third-order valence-electron chi connectivity index (χ3n) is 3.27. The SMILES string of the molecule is CNCC(C)C(=O)NCC(C)(C)c1cccc(Cl)c1.Cl. The molecule has 1 aromatic rings. The summed E-state index contributed by atoms with van der Waals surface area (Å²) in [6.45, 7) is 7.39. The molecule has 0 radical (unpaired) electrons. The zero-order valence-corrected chi connectivity index (χ0v) is 14.1. The van der Waals surface area contributed by atoms with E-state index in [4.69, 9.17) is 11.6 Å². The molecule has 0 fully saturated rings. The molecule has 0 bridgehead atoms. The van der Waals surface area contributed by atoms with Crippen LogP contribution in [0.25, 0.3) is 0 Å². The lowest BCUT2D eigenvalue weighted by atomic mass is 9.84. The second-order valence-electron chi connectivity index (χ2n) is 5.57. The van der Waals surface area contributed by atoms with Crippen LogP contribution in [0.1, 0.15) is 26.3 Å². The van der Waals surface area contributed by atoms with Crippen LogP contribution in [0.4, 0.5) is 0 Å². The van der Waals surface area contributed by atoms with Gasteiger partial charge in [-0.1, -0.05) is 44.5 Å². The third kappa shape index (κ3) is 5.70. The zero-order chi connectivity index (χ0) is 14.5. The molecule has 114 valence electrons. The van der Waals surface area contributed by atoms with Gasteiger partial charge in [0.15, 0.2) is 0 Å². The van der Waals surface area contributed by atoms with Gasteiger partial charge in [-0.25, -0.2) is 0 Å². The van der Waals surface area contributed by atoms with Crippen LogP contribution < -0.4 is 10.6 Å². The number of benzene rings is 1. The Labute approximate surface area is 132 Å². The summed E-state index contributed by atoms with van der Waals surface area (Å²) in [5.74, 6) is 0.0459. The van der Waals surface area contributed by atoms with Gasteiger partial charge in [0.05, 0.1) is 0 Å². The van der Waals surface area contributed by atoms with E-state index in [1.165, 1.54) is 0 Å². The first kappa shape index (κ1) is 19.2. The molecule has 0 aliphatic carbocycles. The number of carbonyl (C=O) groups excluding carboxylic acids is 1. The summed E-state index contributed by atoms with van der Waals surface area (Å²) < 4.78 is 0. The van der Waals surface area contributed by atoms with E-state index in [0.717, 1.165) is 10.6 Å². The number of rotatable bonds is 6. The van der Waals surface area contributed by atoms with E-state index < -0.39 is 0 Å². The minimum absolute atomic E-state index is 0. The van der Waals surface area contributed by atoms with Crippen LogP contribution >= 0.6 is 24.0 Å². The number of hydrogen-bond donors (Lipinski definition) is 2. The average molecular weight is 319 g/mol. The highest BCUT2D eigenvalue weighted by Gasteiger charge is 2.22. The molecule has 1 atom stereocenters. The van der Waals surface area contributed by atoms with Gasteiger partial charge in [0.1, 0.15) is 0 Å². The molecular formula is C15H24Cl2N2O. The quantitative estimate of drug-likeness (QED) is 0.846. The Balaban J connectivity index is 0.00000361. The molecule has 1 amide bonds. The summed E-state index contributed by atoms with van der Waals surface area (Å²) in [6, 6.07) is 7.78. The van der Waals surface area contributed by atoms with Crippen LogP contribution in [-0.4, -0.2) is 26.0 Å². The number of carbonyl (C=O) groups is 1. The van der Waals surface area contributed by atoms with Crippen LogP contribution in [0.15, 0.2) is 24.3 Å². The third-order valence-corrected chi connectivity index (χ3v) is 3.50. The van der Waals surface area contributed by atoms with Crippen molar-refractivity contribution in [3.05, 3.63) is 34.9 Å². The van der Waals surface area contributed by atoms with Gasteiger partial charge >= 0.3 is 0 Å². The number of halogens is 2. The Morgan fingerprint density at radius 2 is 2.05 bits per heavy atom. The first-order valence-electron chi connectivity index (χ1n) is 6.55. The summed E-state index contributed by atoms with van der Waals surface area (Å²) in [7, 11) is 1.85. The van der Waals surface area contributed by atoms with Gasteiger partial charge < -0.3 is 10.6 Å². The van der Waals surface area contributed by atoms with E-state index in [0.29, 0.717) is 13.1 Å². The second-order valence-corrected chi connectivity index (χ2v) is 6.01. The smallest absolute Gasteiger partial charge is 0.224 e. The van der Waals surface area contributed by atoms with Crippen LogP contribution in [0.2, 0.25) is 5.02 Å². The van der Waals surface area contributed by atoms with E-state index in [1.807, 2.05) is 38.2 Å². The maximum absolute atomic E-state index is 11.9. The van der Waals surface area contributed by atoms with Gasteiger partial charge in [0, 0.05) is 29.4 Å². The molecule has 1 rings (SSSR count). The standard InChI is InChI=1S/C15H23ClN2O.ClH/c1-11(9-17-4)14(19)18-10-15(2,3)12-6-5-7-13(16)8-12;/h5-8,11,17H,9-10H2,1-4H3,(H,18,19);1H. The molecule has 0 saturated heterocycles. The Bertz CT molecular complexity index is 436. The topological polar surface area (TPSA) is 41.1 Å². The fraction of sp³-hybridized carbons (Fsp3) is 0.533. The Hall–Kier alpha value is -0.770. The minimum atomic E-state index is -0.139. The van der Waals surface area contributed by atoms with Crippen molar-refractivity contribution in [2.45, 2.75) is 26.2 Å². The minimum Gasteiger partial charge on any atom is -0.355 e. The van der Waals surface area contributed by atoms with E-state index in [2.05, 4.69) is 24.5 Å². The highest BCUT2D eigenvalue weighted by Crippen LogP contribution is 2.24. The predicted octanol–water partition coefficient (Wildman–Crippen LogP) is 3.01. The van der Waals surface area contributed by atoms with Gasteiger partial charge in [0.25, 0.3) is 0 Å². The summed E-state index contributed by atoms with van der Waals surface area (Å²) in [6.07, 6.45) is 0. The van der Waals surface area contributed by atoms with Gasteiger partial charge in [-0.2, -0.15) is 0 Å². The first-order chi connectivity index (χ1) is 8.86. The Kier molecular flexibility index (Phi) is 8.17. The molecule has 20 heavy (non-hydrogen) atoms. The van der Waals surface area contributed by atoms with Crippen molar-refractivity contribution in [3.63, 3.8) is 0 Å². The molecule has 0 aliphatic rings. The molecule has 3 nitrogen and oxygen atoms in total. The number of hydrogen-bond acceptors (Lipinski definition) is 2. The largest absolute Gasteiger partial charge is 0.355 e. The molecule has 2 N–H and O–H groups in total. The van der Waals surface area contributed by atoms with Crippen LogP contribution in [0, 0.1) is 5.92 Å². The molecule has 0 aromatic heterocycles. The predicted molar refractivity (Wildman–Crippen MR) is 87.8 cm³/mol. The average Bonchev–Trinajstić information content (AvgIpc) is 2.36. The molecule has 5 heteroatoms. The van der Waals surface area contributed by atoms with Gasteiger partial charge in [0.2, 0.25) is 5.91 Å². The van der Waals surface area contributed by atoms with E-state index in [1.54, 1.807) is 0 Å². The fourth-order valence-electron chi connectivity index (χ4n) is 1.89. The lowest BCUT2D eigenvalue weighted by molar-refractivity contribution is -0.124. The lowest BCUT2D eigenvalue weighted by Gasteiger charge is -2.26. The second kappa shape index (κ2) is 8.50. The molecular weight excluding hydrogens is 295 g/mol. The van der Waals surface area contributed by atoms with Crippen molar-refractivity contribution in [2.75, 3.05) is 20.1 Å². The maximum atomic E-state index is 11.9. The molecule has 0 aliphatic heterocycles. The summed E-state index contributed by atoms with van der Waals surface area (Å²) >= 11 is 6.01. The molecule has 0 spiro atoms. The number of amides is 1. The molecule has 0 heterocycles. The number of nitrogens with one attached hydrogen (secondary N) is 2. The fourth-order valence-corrected chi connectivity index (χ4v) is 2.08. The van der Waals surface area contributed by atoms with E-state index >= 15 is 0 Å². The molecule has 0 saturated carbocycles. The Morgan fingerprint density at radius 3 is 2.60 bits per heavy atom. The highest BCUT2D eigenvalue weighted by atomic mass is 35.5. The van der Waals surface area contributed by atoms with Gasteiger partial charge in [-0.15, -0.1) is 12.4 Å². The maximum Gasteiger partial charge on any atom is 0.224 e. The van der Waals surface area contributed by atoms with Crippen molar-refractivity contribution in [1.29, 1.82) is 0 Å². The van der Waals surface area contributed by atoms with Crippen molar-refractivity contribution >= 4 is 29.9 Å². The molecule has 1 unspecified atom stereocenters. The van der Waals surface area contributed by atoms with Crippen molar-refractivity contribution in [1.82, 2.24) is 10.6 Å². The van der Waals surface area contributed by atoms with Gasteiger partial charge in [-0.3, -0.25) is 4.79 Å².